The van der Waals surface area contributed by atoms with Crippen molar-refractivity contribution in [2.75, 3.05) is 6.54 Å². The van der Waals surface area contributed by atoms with Gasteiger partial charge in [0.05, 0.1) is 16.9 Å². The van der Waals surface area contributed by atoms with Crippen molar-refractivity contribution in [3.05, 3.63) is 100 Å². The second-order valence-corrected chi connectivity index (χ2v) is 12.4. The Morgan fingerprint density at radius 3 is 2.31 bits per heavy atom. The molecule has 0 amide bonds. The zero-order valence-electron chi connectivity index (χ0n) is 19.6. The molecule has 8 heteroatoms. The van der Waals surface area contributed by atoms with Gasteiger partial charge in [0.25, 0.3) is 0 Å². The lowest BCUT2D eigenvalue weighted by atomic mass is 9.90. The molecule has 5 nitrogen and oxygen atoms in total. The maximum absolute atomic E-state index is 13.9. The van der Waals surface area contributed by atoms with Crippen LogP contribution in [0.15, 0.2) is 77.7 Å². The molecular formula is C27H28ClNO4S2. The number of carboxylic acid groups (broad SMARTS) is 1. The highest BCUT2D eigenvalue weighted by Crippen LogP contribution is 2.43. The summed E-state index contributed by atoms with van der Waals surface area (Å²) in [4.78, 5) is 12.5. The standard InChI is InChI=1S/C27H28ClNO4S2/c1-18-7-11-21(12-8-18)24-15-25(34-17-20-9-13-22(28)14-10-20)23(27(30)31)16-29(24)35(32,33)26-6-4-3-5-19(26)2/h3-14,23-25H,15-17H2,1-2H3,(H,30,31)/t23-,24+,25-/m1/s1. The molecule has 3 aromatic carbocycles. The third kappa shape index (κ3) is 5.75. The minimum atomic E-state index is -3.92. The molecule has 184 valence electrons. The summed E-state index contributed by atoms with van der Waals surface area (Å²) in [5.41, 5.74) is 3.63. The summed E-state index contributed by atoms with van der Waals surface area (Å²) >= 11 is 7.56. The van der Waals surface area contributed by atoms with Crippen LogP contribution in [0.2, 0.25) is 5.02 Å². The lowest BCUT2D eigenvalue weighted by Gasteiger charge is -2.42. The average Bonchev–Trinajstić information content (AvgIpc) is 2.83. The zero-order chi connectivity index (χ0) is 25.2. The van der Waals surface area contributed by atoms with Gasteiger partial charge in [-0.2, -0.15) is 16.1 Å². The van der Waals surface area contributed by atoms with Crippen molar-refractivity contribution < 1.29 is 18.3 Å². The molecule has 0 bridgehead atoms. The number of benzene rings is 3. The molecule has 35 heavy (non-hydrogen) atoms. The van der Waals surface area contributed by atoms with Crippen LogP contribution < -0.4 is 0 Å². The monoisotopic (exact) mass is 529 g/mol. The molecule has 1 aliphatic heterocycles. The lowest BCUT2D eigenvalue weighted by Crippen LogP contribution is -2.49. The van der Waals surface area contributed by atoms with Crippen molar-refractivity contribution in [2.45, 2.75) is 42.2 Å². The second-order valence-electron chi connectivity index (χ2n) is 8.92. The number of sulfonamides is 1. The molecule has 1 aliphatic rings. The number of carboxylic acids is 1. The first-order valence-corrected chi connectivity index (χ1v) is 14.3. The van der Waals surface area contributed by atoms with E-state index in [4.69, 9.17) is 11.6 Å². The van der Waals surface area contributed by atoms with Crippen molar-refractivity contribution in [1.29, 1.82) is 0 Å². The van der Waals surface area contributed by atoms with E-state index in [0.29, 0.717) is 22.8 Å². The molecule has 1 heterocycles. The maximum atomic E-state index is 13.9. The van der Waals surface area contributed by atoms with Crippen LogP contribution in [-0.4, -0.2) is 35.6 Å². The van der Waals surface area contributed by atoms with Crippen LogP contribution >= 0.6 is 23.4 Å². The predicted molar refractivity (Wildman–Crippen MR) is 141 cm³/mol. The van der Waals surface area contributed by atoms with E-state index >= 15 is 0 Å². The van der Waals surface area contributed by atoms with E-state index in [-0.39, 0.29) is 16.7 Å². The van der Waals surface area contributed by atoms with Crippen LogP contribution in [0.25, 0.3) is 0 Å². The third-order valence-corrected chi connectivity index (χ3v) is 10.2. The van der Waals surface area contributed by atoms with Gasteiger partial charge in [-0.15, -0.1) is 0 Å². The van der Waals surface area contributed by atoms with Crippen LogP contribution in [0.3, 0.4) is 0 Å². The Labute approximate surface area is 216 Å². The largest absolute Gasteiger partial charge is 0.481 e. The Balaban J connectivity index is 1.70. The molecule has 0 saturated carbocycles. The molecule has 1 N–H and O–H groups in total. The molecule has 3 atom stereocenters. The van der Waals surface area contributed by atoms with Crippen molar-refractivity contribution >= 4 is 39.4 Å². The first kappa shape index (κ1) is 25.8. The fourth-order valence-electron chi connectivity index (χ4n) is 4.47. The molecule has 1 saturated heterocycles. The number of nitrogens with zero attached hydrogens (tertiary/aromatic N) is 1. The van der Waals surface area contributed by atoms with E-state index < -0.39 is 28.0 Å². The number of rotatable bonds is 7. The quantitative estimate of drug-likeness (QED) is 0.400. The van der Waals surface area contributed by atoms with E-state index in [2.05, 4.69) is 0 Å². The molecule has 4 rings (SSSR count). The summed E-state index contributed by atoms with van der Waals surface area (Å²) in [5.74, 6) is -1.18. The van der Waals surface area contributed by atoms with Crippen LogP contribution in [0.5, 0.6) is 0 Å². The van der Waals surface area contributed by atoms with E-state index in [1.807, 2.05) is 55.5 Å². The van der Waals surface area contributed by atoms with Gasteiger partial charge < -0.3 is 5.11 Å². The number of thioether (sulfide) groups is 1. The minimum Gasteiger partial charge on any atom is -0.481 e. The molecule has 0 unspecified atom stereocenters. The van der Waals surface area contributed by atoms with Crippen molar-refractivity contribution in [3.63, 3.8) is 0 Å². The van der Waals surface area contributed by atoms with Crippen molar-refractivity contribution in [2.24, 2.45) is 5.92 Å². The number of halogens is 1. The second kappa shape index (κ2) is 10.7. The Morgan fingerprint density at radius 2 is 1.69 bits per heavy atom. The topological polar surface area (TPSA) is 74.7 Å². The summed E-state index contributed by atoms with van der Waals surface area (Å²) in [5, 5.41) is 10.5. The Hall–Kier alpha value is -2.32. The van der Waals surface area contributed by atoms with Gasteiger partial charge in [0.2, 0.25) is 10.0 Å². The fourth-order valence-corrected chi connectivity index (χ4v) is 7.83. The van der Waals surface area contributed by atoms with Gasteiger partial charge >= 0.3 is 5.97 Å². The van der Waals surface area contributed by atoms with E-state index in [9.17, 15) is 18.3 Å². The Bertz CT molecular complexity index is 1290. The average molecular weight is 530 g/mol. The first-order chi connectivity index (χ1) is 16.7. The molecule has 0 spiro atoms. The van der Waals surface area contributed by atoms with Gasteiger partial charge in [-0.05, 0) is 55.2 Å². The highest BCUT2D eigenvalue weighted by Gasteiger charge is 2.45. The molecule has 0 aliphatic carbocycles. The number of piperidine rings is 1. The van der Waals surface area contributed by atoms with Crippen LogP contribution in [0, 0.1) is 19.8 Å². The number of aliphatic carboxylic acids is 1. The summed E-state index contributed by atoms with van der Waals surface area (Å²) in [7, 11) is -3.92. The highest BCUT2D eigenvalue weighted by molar-refractivity contribution is 7.99. The molecular weight excluding hydrogens is 502 g/mol. The van der Waals surface area contributed by atoms with Crippen molar-refractivity contribution in [1.82, 2.24) is 4.31 Å². The first-order valence-electron chi connectivity index (χ1n) is 11.4. The van der Waals surface area contributed by atoms with Gasteiger partial charge in [-0.25, -0.2) is 8.42 Å². The minimum absolute atomic E-state index is 0.0805. The number of hydrogen-bond donors (Lipinski definition) is 1. The van der Waals surface area contributed by atoms with Crippen LogP contribution in [0.1, 0.15) is 34.7 Å². The Kier molecular flexibility index (Phi) is 7.91. The van der Waals surface area contributed by atoms with Gasteiger partial charge in [0.15, 0.2) is 0 Å². The van der Waals surface area contributed by atoms with Gasteiger partial charge in [0, 0.05) is 22.6 Å². The SMILES string of the molecule is Cc1ccc([C@@H]2C[C@@H](SCc3ccc(Cl)cc3)[C@H](C(=O)O)CN2S(=O)(=O)c2ccccc2C)cc1. The van der Waals surface area contributed by atoms with E-state index in [1.54, 1.807) is 43.0 Å². The van der Waals surface area contributed by atoms with Crippen LogP contribution in [-0.2, 0) is 20.6 Å². The molecule has 1 fully saturated rings. The summed E-state index contributed by atoms with van der Waals surface area (Å²) in [6.45, 7) is 3.66. The Morgan fingerprint density at radius 1 is 1.03 bits per heavy atom. The molecule has 3 aromatic rings. The van der Waals surface area contributed by atoms with Crippen LogP contribution in [0.4, 0.5) is 0 Å². The zero-order valence-corrected chi connectivity index (χ0v) is 22.0. The normalized spacial score (nSPS) is 21.1. The van der Waals surface area contributed by atoms with Gasteiger partial charge in [-0.3, -0.25) is 4.79 Å². The lowest BCUT2D eigenvalue weighted by molar-refractivity contribution is -0.143. The van der Waals surface area contributed by atoms with E-state index in [1.165, 1.54) is 4.31 Å². The summed E-state index contributed by atoms with van der Waals surface area (Å²) in [6.07, 6.45) is 0.406. The van der Waals surface area contributed by atoms with E-state index in [0.717, 1.165) is 16.7 Å². The summed E-state index contributed by atoms with van der Waals surface area (Å²) in [6, 6.07) is 21.7. The van der Waals surface area contributed by atoms with Crippen molar-refractivity contribution in [3.8, 4) is 0 Å². The highest BCUT2D eigenvalue weighted by atomic mass is 35.5. The van der Waals surface area contributed by atoms with Gasteiger partial charge in [0.1, 0.15) is 0 Å². The maximum Gasteiger partial charge on any atom is 0.308 e. The molecule has 0 radical (unpaired) electrons. The molecule has 0 aromatic heterocycles. The third-order valence-electron chi connectivity index (χ3n) is 6.47. The number of hydrogen-bond acceptors (Lipinski definition) is 4. The number of aryl methyl sites for hydroxylation is 2. The predicted octanol–water partition coefficient (Wildman–Crippen LogP) is 6.10. The van der Waals surface area contributed by atoms with Gasteiger partial charge in [-0.1, -0.05) is 71.8 Å². The number of carbonyl (C=O) groups is 1. The summed E-state index contributed by atoms with van der Waals surface area (Å²) < 4.78 is 29.1. The fraction of sp³-hybridized carbons (Fsp3) is 0.296. The smallest absolute Gasteiger partial charge is 0.308 e.